The van der Waals surface area contributed by atoms with Crippen molar-refractivity contribution in [3.8, 4) is 0 Å². The van der Waals surface area contributed by atoms with Gasteiger partial charge in [0, 0.05) is 11.8 Å². The van der Waals surface area contributed by atoms with Crippen molar-refractivity contribution in [1.82, 2.24) is 9.78 Å². The number of fused-ring (bicyclic) bond motifs is 1. The number of hydrogen-bond acceptors (Lipinski definition) is 2. The molecule has 0 saturated carbocycles. The lowest BCUT2D eigenvalue weighted by Gasteiger charge is -2.31. The molecule has 1 saturated heterocycles. The van der Waals surface area contributed by atoms with Crippen LogP contribution in [0.1, 0.15) is 52.7 Å². The van der Waals surface area contributed by atoms with Crippen LogP contribution in [0, 0.1) is 11.3 Å². The Balaban J connectivity index is 1.99. The third kappa shape index (κ3) is 2.25. The van der Waals surface area contributed by atoms with Gasteiger partial charge in [-0.1, -0.05) is 32.9 Å². The van der Waals surface area contributed by atoms with Gasteiger partial charge in [-0.3, -0.25) is 0 Å². The summed E-state index contributed by atoms with van der Waals surface area (Å²) in [5, 5.41) is 7.10. The molecule has 1 aromatic heterocycles. The van der Waals surface area contributed by atoms with Crippen LogP contribution < -0.4 is 10.6 Å². The van der Waals surface area contributed by atoms with Gasteiger partial charge in [0.25, 0.3) is 0 Å². The molecule has 0 radical (unpaired) electrons. The summed E-state index contributed by atoms with van der Waals surface area (Å²) >= 11 is 0. The second kappa shape index (κ2) is 4.78. The Morgan fingerprint density at radius 3 is 2.95 bits per heavy atom. The normalized spacial score (nSPS) is 30.6. The molecule has 0 amide bonds. The molecule has 0 bridgehead atoms. The lowest BCUT2D eigenvalue weighted by atomic mass is 9.74. The molecular weight excluding hydrogens is 236 g/mol. The fourth-order valence-corrected chi connectivity index (χ4v) is 2.99. The number of hydrogen-bond donors (Lipinski definition) is 0. The highest BCUT2D eigenvalue weighted by atomic mass is 16.5. The average molecular weight is 260 g/mol. The van der Waals surface area contributed by atoms with Crippen molar-refractivity contribution < 1.29 is 4.74 Å². The van der Waals surface area contributed by atoms with Gasteiger partial charge in [0.15, 0.2) is 6.23 Å². The van der Waals surface area contributed by atoms with Crippen LogP contribution in [0.5, 0.6) is 0 Å². The van der Waals surface area contributed by atoms with E-state index in [-0.39, 0.29) is 11.6 Å². The molecule has 1 aliphatic carbocycles. The molecule has 104 valence electrons. The number of aromatic nitrogens is 2. The fourth-order valence-electron chi connectivity index (χ4n) is 2.99. The van der Waals surface area contributed by atoms with Crippen LogP contribution >= 0.6 is 0 Å². The zero-order valence-corrected chi connectivity index (χ0v) is 12.2. The van der Waals surface area contributed by atoms with E-state index in [4.69, 9.17) is 4.74 Å². The Labute approximate surface area is 115 Å². The maximum absolute atomic E-state index is 5.85. The maximum atomic E-state index is 5.85. The molecule has 0 spiro atoms. The van der Waals surface area contributed by atoms with Gasteiger partial charge in [0.2, 0.25) is 0 Å². The molecule has 2 heterocycles. The quantitative estimate of drug-likeness (QED) is 0.815. The highest BCUT2D eigenvalue weighted by molar-refractivity contribution is 5.42. The standard InChI is InChI=1S/C16H24N2O/c1-12(2)16(3)8-7-14-13(10-16)11-17-18(14)15-6-4-5-9-19-15/h7,10-12,15H,4-6,8-9H2,1-3H3. The van der Waals surface area contributed by atoms with E-state index in [1.807, 2.05) is 6.20 Å². The third-order valence-electron chi connectivity index (χ3n) is 4.83. The van der Waals surface area contributed by atoms with Crippen LogP contribution in [0.2, 0.25) is 0 Å². The first-order valence-corrected chi connectivity index (χ1v) is 7.48. The molecule has 0 N–H and O–H groups in total. The Kier molecular flexibility index (Phi) is 3.25. The highest BCUT2D eigenvalue weighted by Crippen LogP contribution is 2.34. The third-order valence-corrected chi connectivity index (χ3v) is 4.83. The van der Waals surface area contributed by atoms with Gasteiger partial charge in [-0.15, -0.1) is 0 Å². The van der Waals surface area contributed by atoms with E-state index in [0.29, 0.717) is 5.92 Å². The Morgan fingerprint density at radius 1 is 1.42 bits per heavy atom. The summed E-state index contributed by atoms with van der Waals surface area (Å²) in [6.45, 7) is 7.80. The van der Waals surface area contributed by atoms with Crippen molar-refractivity contribution in [2.45, 2.75) is 52.7 Å². The predicted molar refractivity (Wildman–Crippen MR) is 76.8 cm³/mol. The van der Waals surface area contributed by atoms with Gasteiger partial charge in [-0.2, -0.15) is 5.10 Å². The van der Waals surface area contributed by atoms with E-state index in [1.165, 1.54) is 23.4 Å². The SMILES string of the molecule is CC(C)C1(C)C=c2cnn(C3CCCCO3)c2=CC1. The van der Waals surface area contributed by atoms with Crippen LogP contribution in [0.25, 0.3) is 12.2 Å². The van der Waals surface area contributed by atoms with Gasteiger partial charge in [0.05, 0.1) is 11.5 Å². The number of rotatable bonds is 2. The van der Waals surface area contributed by atoms with Crippen LogP contribution in [-0.2, 0) is 4.74 Å². The summed E-state index contributed by atoms with van der Waals surface area (Å²) < 4.78 is 7.94. The van der Waals surface area contributed by atoms with Crippen LogP contribution in [0.4, 0.5) is 0 Å². The summed E-state index contributed by atoms with van der Waals surface area (Å²) in [4.78, 5) is 0. The summed E-state index contributed by atoms with van der Waals surface area (Å²) in [5.74, 6) is 0.645. The van der Waals surface area contributed by atoms with Gasteiger partial charge in [0.1, 0.15) is 0 Å². The Hall–Kier alpha value is -1.09. The van der Waals surface area contributed by atoms with Crippen molar-refractivity contribution in [2.24, 2.45) is 11.3 Å². The Bertz CT molecular complexity index is 566. The molecule has 1 aliphatic heterocycles. The van der Waals surface area contributed by atoms with Crippen molar-refractivity contribution in [1.29, 1.82) is 0 Å². The molecule has 19 heavy (non-hydrogen) atoms. The topological polar surface area (TPSA) is 27.1 Å². The molecule has 0 aromatic carbocycles. The van der Waals surface area contributed by atoms with Crippen molar-refractivity contribution >= 4 is 12.2 Å². The minimum Gasteiger partial charge on any atom is -0.356 e. The van der Waals surface area contributed by atoms with Crippen molar-refractivity contribution in [3.05, 3.63) is 16.8 Å². The monoisotopic (exact) mass is 260 g/mol. The highest BCUT2D eigenvalue weighted by Gasteiger charge is 2.27. The van der Waals surface area contributed by atoms with E-state index in [9.17, 15) is 0 Å². The molecule has 1 fully saturated rings. The second-order valence-corrected chi connectivity index (χ2v) is 6.46. The van der Waals surface area contributed by atoms with Crippen molar-refractivity contribution in [2.75, 3.05) is 6.61 Å². The average Bonchev–Trinajstić information content (AvgIpc) is 2.82. The minimum absolute atomic E-state index is 0.144. The van der Waals surface area contributed by atoms with Gasteiger partial charge in [-0.05, 0) is 37.0 Å². The number of ether oxygens (including phenoxy) is 1. The molecule has 1 aromatic rings. The Morgan fingerprint density at radius 2 is 2.26 bits per heavy atom. The van der Waals surface area contributed by atoms with E-state index in [2.05, 4.69) is 42.7 Å². The van der Waals surface area contributed by atoms with Gasteiger partial charge < -0.3 is 4.74 Å². The minimum atomic E-state index is 0.144. The second-order valence-electron chi connectivity index (χ2n) is 6.46. The maximum Gasteiger partial charge on any atom is 0.150 e. The molecule has 2 aliphatic rings. The molecule has 3 rings (SSSR count). The zero-order valence-electron chi connectivity index (χ0n) is 12.2. The molecule has 2 atom stereocenters. The first kappa shape index (κ1) is 12.9. The molecule has 3 heteroatoms. The predicted octanol–water partition coefficient (Wildman–Crippen LogP) is 2.21. The zero-order chi connectivity index (χ0) is 13.5. The smallest absolute Gasteiger partial charge is 0.150 e. The van der Waals surface area contributed by atoms with Crippen LogP contribution in [0.3, 0.4) is 0 Å². The molecule has 3 nitrogen and oxygen atoms in total. The summed E-state index contributed by atoms with van der Waals surface area (Å²) in [7, 11) is 0. The first-order valence-electron chi connectivity index (χ1n) is 7.48. The van der Waals surface area contributed by atoms with E-state index in [0.717, 1.165) is 19.4 Å². The van der Waals surface area contributed by atoms with Crippen molar-refractivity contribution in [3.63, 3.8) is 0 Å². The lowest BCUT2D eigenvalue weighted by molar-refractivity contribution is -0.0413. The van der Waals surface area contributed by atoms with Gasteiger partial charge >= 0.3 is 0 Å². The van der Waals surface area contributed by atoms with Crippen LogP contribution in [-0.4, -0.2) is 16.4 Å². The fraction of sp³-hybridized carbons (Fsp3) is 0.688. The summed E-state index contributed by atoms with van der Waals surface area (Å²) in [6.07, 6.45) is 11.5. The number of nitrogens with zero attached hydrogens (tertiary/aromatic N) is 2. The first-order chi connectivity index (χ1) is 9.10. The van der Waals surface area contributed by atoms with Crippen LogP contribution in [0.15, 0.2) is 6.20 Å². The van der Waals surface area contributed by atoms with Gasteiger partial charge in [-0.25, -0.2) is 4.68 Å². The molecule has 2 unspecified atom stereocenters. The summed E-state index contributed by atoms with van der Waals surface area (Å²) in [6, 6.07) is 0. The summed E-state index contributed by atoms with van der Waals surface area (Å²) in [5.41, 5.74) is 0.258. The van der Waals surface area contributed by atoms with E-state index < -0.39 is 0 Å². The van der Waals surface area contributed by atoms with E-state index >= 15 is 0 Å². The largest absolute Gasteiger partial charge is 0.356 e. The van der Waals surface area contributed by atoms with E-state index in [1.54, 1.807) is 0 Å². The molecular formula is C16H24N2O. The lowest BCUT2D eigenvalue weighted by Crippen LogP contribution is -2.39.